The predicted octanol–water partition coefficient (Wildman–Crippen LogP) is 4.00. The molecular formula is C24H19N3O5S2. The van der Waals surface area contributed by atoms with Gasteiger partial charge in [-0.3, -0.25) is 19.3 Å². The monoisotopic (exact) mass is 493 g/mol. The first kappa shape index (κ1) is 22.2. The number of hydrazone groups is 1. The van der Waals surface area contributed by atoms with E-state index in [0.29, 0.717) is 12.1 Å². The normalized spacial score (nSPS) is 17.9. The zero-order valence-corrected chi connectivity index (χ0v) is 19.5. The second-order valence-corrected chi connectivity index (χ2v) is 9.67. The molecule has 34 heavy (non-hydrogen) atoms. The zero-order chi connectivity index (χ0) is 23.7. The van der Waals surface area contributed by atoms with E-state index in [-0.39, 0.29) is 36.3 Å². The third-order valence-electron chi connectivity index (χ3n) is 5.58. The molecule has 5 rings (SSSR count). The van der Waals surface area contributed by atoms with E-state index in [9.17, 15) is 19.2 Å². The topological polar surface area (TPSA) is 96.3 Å². The van der Waals surface area contributed by atoms with Gasteiger partial charge in [-0.25, -0.2) is 9.80 Å². The van der Waals surface area contributed by atoms with Crippen molar-refractivity contribution in [3.8, 4) is 0 Å². The minimum Gasteiger partial charge on any atom is -0.452 e. The lowest BCUT2D eigenvalue weighted by Crippen LogP contribution is -2.31. The van der Waals surface area contributed by atoms with Crippen LogP contribution in [0.2, 0.25) is 0 Å². The van der Waals surface area contributed by atoms with Crippen LogP contribution in [0.4, 0.5) is 5.69 Å². The van der Waals surface area contributed by atoms with Gasteiger partial charge in [-0.15, -0.1) is 22.7 Å². The highest BCUT2D eigenvalue weighted by molar-refractivity contribution is 7.12. The van der Waals surface area contributed by atoms with Gasteiger partial charge in [0.15, 0.2) is 6.61 Å². The summed E-state index contributed by atoms with van der Waals surface area (Å²) in [6.07, 6.45) is 0.963. The molecule has 0 radical (unpaired) electrons. The van der Waals surface area contributed by atoms with Gasteiger partial charge in [-0.2, -0.15) is 5.10 Å². The average Bonchev–Trinajstić information content (AvgIpc) is 3.64. The van der Waals surface area contributed by atoms with E-state index in [1.165, 1.54) is 29.3 Å². The van der Waals surface area contributed by atoms with E-state index >= 15 is 0 Å². The van der Waals surface area contributed by atoms with Gasteiger partial charge >= 0.3 is 5.97 Å². The lowest BCUT2D eigenvalue weighted by molar-refractivity contribution is -0.136. The second kappa shape index (κ2) is 9.32. The minimum atomic E-state index is -0.673. The van der Waals surface area contributed by atoms with Crippen molar-refractivity contribution in [3.63, 3.8) is 0 Å². The first-order valence-corrected chi connectivity index (χ1v) is 12.4. The summed E-state index contributed by atoms with van der Waals surface area (Å²) in [6, 6.07) is 13.5. The highest BCUT2D eigenvalue weighted by Gasteiger charge is 2.34. The molecule has 1 atom stereocenters. The van der Waals surface area contributed by atoms with Crippen LogP contribution >= 0.6 is 22.7 Å². The fraction of sp³-hybridized carbons (Fsp3) is 0.208. The Morgan fingerprint density at radius 1 is 0.971 bits per heavy atom. The third-order valence-corrected chi connectivity index (χ3v) is 7.47. The Bertz CT molecular complexity index is 1250. The first-order chi connectivity index (χ1) is 16.5. The number of esters is 1. The molecule has 172 valence electrons. The summed E-state index contributed by atoms with van der Waals surface area (Å²) in [7, 11) is 0. The van der Waals surface area contributed by atoms with Gasteiger partial charge in [-0.05, 0) is 47.2 Å². The lowest BCUT2D eigenvalue weighted by Gasteiger charge is -2.20. The second-order valence-electron chi connectivity index (χ2n) is 7.74. The molecule has 8 nitrogen and oxygen atoms in total. The number of amides is 3. The number of nitrogens with zero attached hydrogens (tertiary/aromatic N) is 3. The maximum Gasteiger partial charge on any atom is 0.338 e. The molecule has 0 N–H and O–H groups in total. The van der Waals surface area contributed by atoms with Gasteiger partial charge in [0.2, 0.25) is 11.8 Å². The molecule has 1 unspecified atom stereocenters. The van der Waals surface area contributed by atoms with Crippen LogP contribution in [0.1, 0.15) is 45.4 Å². The van der Waals surface area contributed by atoms with Gasteiger partial charge in [0, 0.05) is 24.1 Å². The molecule has 4 heterocycles. The van der Waals surface area contributed by atoms with Crippen LogP contribution in [-0.4, -0.2) is 41.0 Å². The number of rotatable bonds is 6. The highest BCUT2D eigenvalue weighted by Crippen LogP contribution is 2.36. The fourth-order valence-corrected chi connectivity index (χ4v) is 5.46. The summed E-state index contributed by atoms with van der Waals surface area (Å²) in [6.45, 7) is -0.452. The summed E-state index contributed by atoms with van der Waals surface area (Å²) in [5, 5.41) is 9.87. The molecule has 1 fully saturated rings. The summed E-state index contributed by atoms with van der Waals surface area (Å²) in [5.74, 6) is -1.62. The van der Waals surface area contributed by atoms with Crippen molar-refractivity contribution in [2.24, 2.45) is 5.10 Å². The largest absolute Gasteiger partial charge is 0.452 e. The molecule has 3 aromatic rings. The van der Waals surface area contributed by atoms with E-state index in [1.807, 2.05) is 35.0 Å². The molecule has 2 aromatic heterocycles. The Labute approximate surface area is 203 Å². The molecule has 2 aliphatic heterocycles. The summed E-state index contributed by atoms with van der Waals surface area (Å²) in [4.78, 5) is 52.4. The van der Waals surface area contributed by atoms with Gasteiger partial charge in [0.05, 0.1) is 27.9 Å². The number of benzene rings is 1. The smallest absolute Gasteiger partial charge is 0.338 e. The standard InChI is InChI=1S/C24H19N3O5S2/c28-21-9-10-22(29)26(21)16-7-5-15(6-8-16)24(31)32-14-23(30)27-18(20-4-2-12-34-20)13-17(25-27)19-3-1-11-33-19/h1-8,11-12,18H,9-10,13-14H2. The Morgan fingerprint density at radius 2 is 1.68 bits per heavy atom. The maximum absolute atomic E-state index is 13.0. The molecule has 0 aliphatic carbocycles. The quantitative estimate of drug-likeness (QED) is 0.382. The SMILES string of the molecule is O=C(OCC(=O)N1N=C(c2cccs2)CC1c1cccs1)c1ccc(N2C(=O)CCC2=O)cc1. The van der Waals surface area contributed by atoms with Gasteiger partial charge in [0.1, 0.15) is 0 Å². The summed E-state index contributed by atoms with van der Waals surface area (Å²) < 4.78 is 5.26. The molecule has 0 spiro atoms. The van der Waals surface area contributed by atoms with E-state index in [4.69, 9.17) is 4.74 Å². The van der Waals surface area contributed by atoms with Crippen LogP contribution in [0, 0.1) is 0 Å². The number of hydrogen-bond donors (Lipinski definition) is 0. The molecule has 3 amide bonds. The first-order valence-electron chi connectivity index (χ1n) is 10.6. The molecule has 10 heteroatoms. The maximum atomic E-state index is 13.0. The lowest BCUT2D eigenvalue weighted by atomic mass is 10.1. The van der Waals surface area contributed by atoms with Gasteiger partial charge < -0.3 is 4.74 Å². The number of anilines is 1. The van der Waals surface area contributed by atoms with Crippen LogP contribution in [0.15, 0.2) is 64.4 Å². The molecule has 2 aliphatic rings. The van der Waals surface area contributed by atoms with Crippen LogP contribution in [0.25, 0.3) is 0 Å². The van der Waals surface area contributed by atoms with Crippen LogP contribution in [0.5, 0.6) is 0 Å². The molecular weight excluding hydrogens is 474 g/mol. The number of carbonyl (C=O) groups is 4. The van der Waals surface area contributed by atoms with E-state index < -0.39 is 18.5 Å². The van der Waals surface area contributed by atoms with Crippen molar-refractivity contribution >= 4 is 57.8 Å². The van der Waals surface area contributed by atoms with Crippen molar-refractivity contribution in [1.29, 1.82) is 0 Å². The summed E-state index contributed by atoms with van der Waals surface area (Å²) in [5.41, 5.74) is 1.45. The number of ether oxygens (including phenoxy) is 1. The van der Waals surface area contributed by atoms with Crippen molar-refractivity contribution in [1.82, 2.24) is 5.01 Å². The van der Waals surface area contributed by atoms with E-state index in [1.54, 1.807) is 22.7 Å². The van der Waals surface area contributed by atoms with E-state index in [2.05, 4.69) is 5.10 Å². The molecule has 1 aromatic carbocycles. The van der Waals surface area contributed by atoms with Gasteiger partial charge in [-0.1, -0.05) is 12.1 Å². The molecule has 1 saturated heterocycles. The highest BCUT2D eigenvalue weighted by atomic mass is 32.1. The Hall–Kier alpha value is -3.63. The van der Waals surface area contributed by atoms with Gasteiger partial charge in [0.25, 0.3) is 5.91 Å². The van der Waals surface area contributed by atoms with E-state index in [0.717, 1.165) is 20.4 Å². The van der Waals surface area contributed by atoms with Crippen LogP contribution in [-0.2, 0) is 19.1 Å². The number of hydrogen-bond acceptors (Lipinski definition) is 8. The fourth-order valence-electron chi connectivity index (χ4n) is 3.92. The van der Waals surface area contributed by atoms with Crippen molar-refractivity contribution in [2.45, 2.75) is 25.3 Å². The summed E-state index contributed by atoms with van der Waals surface area (Å²) >= 11 is 3.11. The third kappa shape index (κ3) is 4.29. The Morgan fingerprint density at radius 3 is 2.32 bits per heavy atom. The Kier molecular flexibility index (Phi) is 6.08. The minimum absolute atomic E-state index is 0.185. The average molecular weight is 494 g/mol. The van der Waals surface area contributed by atoms with Crippen LogP contribution < -0.4 is 4.90 Å². The van der Waals surface area contributed by atoms with Crippen LogP contribution in [0.3, 0.4) is 0 Å². The number of imide groups is 1. The van der Waals surface area contributed by atoms with Crippen molar-refractivity contribution in [2.75, 3.05) is 11.5 Å². The van der Waals surface area contributed by atoms with Crippen molar-refractivity contribution in [3.05, 3.63) is 74.6 Å². The Balaban J connectivity index is 1.26. The number of thiophene rings is 2. The molecule has 0 bridgehead atoms. The van der Waals surface area contributed by atoms with Crippen molar-refractivity contribution < 1.29 is 23.9 Å². The molecule has 0 saturated carbocycles. The zero-order valence-electron chi connectivity index (χ0n) is 17.9. The predicted molar refractivity (Wildman–Crippen MR) is 128 cm³/mol. The number of carbonyl (C=O) groups excluding carboxylic acids is 4.